The molecule has 1 N–H and O–H groups in total. The van der Waals surface area contributed by atoms with Gasteiger partial charge in [-0.3, -0.25) is 0 Å². The maximum Gasteiger partial charge on any atom is 0.200 e. The zero-order chi connectivity index (χ0) is 20.6. The summed E-state index contributed by atoms with van der Waals surface area (Å²) < 4.78 is 12.6. The van der Waals surface area contributed by atoms with Crippen molar-refractivity contribution in [3.05, 3.63) is 23.8 Å². The van der Waals surface area contributed by atoms with Gasteiger partial charge in [-0.05, 0) is 48.3 Å². The molecule has 3 nitrogen and oxygen atoms in total. The van der Waals surface area contributed by atoms with Crippen LogP contribution in [0.2, 0.25) is 0 Å². The largest absolute Gasteiger partial charge is 0.504 e. The molecule has 1 aliphatic carbocycles. The van der Waals surface area contributed by atoms with E-state index in [1.807, 2.05) is 12.1 Å². The Morgan fingerprint density at radius 1 is 1.11 bits per heavy atom. The summed E-state index contributed by atoms with van der Waals surface area (Å²) in [6, 6.07) is 5.83. The quantitative estimate of drug-likeness (QED) is 0.427. The molecule has 2 rings (SSSR count). The number of rotatable bonds is 10. The molecule has 1 fully saturated rings. The van der Waals surface area contributed by atoms with Crippen LogP contribution in [0.15, 0.2) is 18.2 Å². The fraction of sp³-hybridized carbons (Fsp3) is 0.760. The van der Waals surface area contributed by atoms with Gasteiger partial charge in [-0.1, -0.05) is 79.2 Å². The van der Waals surface area contributed by atoms with Crippen molar-refractivity contribution in [2.75, 3.05) is 0 Å². The van der Waals surface area contributed by atoms with E-state index in [2.05, 4.69) is 40.7 Å². The highest BCUT2D eigenvalue weighted by Gasteiger charge is 2.24. The first-order chi connectivity index (χ1) is 13.3. The molecule has 0 heterocycles. The van der Waals surface area contributed by atoms with Gasteiger partial charge in [0.2, 0.25) is 6.29 Å². The molecule has 0 saturated heterocycles. The van der Waals surface area contributed by atoms with E-state index in [0.717, 1.165) is 37.7 Å². The minimum Gasteiger partial charge on any atom is -0.504 e. The van der Waals surface area contributed by atoms with Gasteiger partial charge < -0.3 is 14.6 Å². The molecule has 0 bridgehead atoms. The highest BCUT2D eigenvalue weighted by Crippen LogP contribution is 2.34. The van der Waals surface area contributed by atoms with Crippen LogP contribution in [0.1, 0.15) is 98.0 Å². The molecule has 0 aromatic heterocycles. The van der Waals surface area contributed by atoms with Crippen molar-refractivity contribution in [1.82, 2.24) is 0 Å². The molecule has 0 aliphatic heterocycles. The van der Waals surface area contributed by atoms with Crippen molar-refractivity contribution < 1.29 is 14.6 Å². The predicted octanol–water partition coefficient (Wildman–Crippen LogP) is 7.25. The second-order valence-electron chi connectivity index (χ2n) is 9.78. The molecule has 0 radical (unpaired) electrons. The molecule has 1 saturated carbocycles. The summed E-state index contributed by atoms with van der Waals surface area (Å²) in [6.07, 6.45) is 11.5. The van der Waals surface area contributed by atoms with Crippen LogP contribution in [-0.4, -0.2) is 17.5 Å². The molecule has 0 spiro atoms. The second kappa shape index (κ2) is 11.1. The Kier molecular flexibility index (Phi) is 9.14. The van der Waals surface area contributed by atoms with Crippen LogP contribution in [0, 0.1) is 11.3 Å². The number of benzene rings is 1. The Labute approximate surface area is 172 Å². The topological polar surface area (TPSA) is 38.7 Å². The van der Waals surface area contributed by atoms with Crippen LogP contribution < -0.4 is 4.74 Å². The maximum absolute atomic E-state index is 10.6. The predicted molar refractivity (Wildman–Crippen MR) is 117 cm³/mol. The number of hydrogen-bond acceptors (Lipinski definition) is 3. The lowest BCUT2D eigenvalue weighted by atomic mass is 9.87. The van der Waals surface area contributed by atoms with Crippen LogP contribution >= 0.6 is 0 Å². The fourth-order valence-corrected chi connectivity index (χ4v) is 4.26. The van der Waals surface area contributed by atoms with E-state index in [1.54, 1.807) is 0 Å². The summed E-state index contributed by atoms with van der Waals surface area (Å²) in [5.74, 6) is 1.44. The SMILES string of the molecule is CCCC(CC)OC(CC1CCCCC1)Oc1ccc(CC(C)(C)C)cc1O. The first kappa shape index (κ1) is 23.1. The summed E-state index contributed by atoms with van der Waals surface area (Å²) in [5.41, 5.74) is 1.33. The van der Waals surface area contributed by atoms with Crippen molar-refractivity contribution in [2.45, 2.75) is 111 Å². The average molecular weight is 391 g/mol. The standard InChI is InChI=1S/C25H42O3/c1-6-11-21(7-2)27-24(17-19-12-9-8-10-13-19)28-23-15-14-20(16-22(23)26)18-25(3,4)5/h14-16,19,21,24,26H,6-13,17-18H2,1-5H3. The van der Waals surface area contributed by atoms with Gasteiger partial charge in [0, 0.05) is 6.42 Å². The maximum atomic E-state index is 10.6. The Morgan fingerprint density at radius 2 is 1.82 bits per heavy atom. The summed E-state index contributed by atoms with van der Waals surface area (Å²) in [5, 5.41) is 10.6. The van der Waals surface area contributed by atoms with Crippen molar-refractivity contribution in [3.8, 4) is 11.5 Å². The van der Waals surface area contributed by atoms with Crippen LogP contribution in [0.3, 0.4) is 0 Å². The number of phenols is 1. The highest BCUT2D eigenvalue weighted by molar-refractivity contribution is 5.42. The highest BCUT2D eigenvalue weighted by atomic mass is 16.7. The van der Waals surface area contributed by atoms with Crippen molar-refractivity contribution in [3.63, 3.8) is 0 Å². The molecule has 160 valence electrons. The minimum atomic E-state index is -0.279. The van der Waals surface area contributed by atoms with Gasteiger partial charge in [0.1, 0.15) is 0 Å². The average Bonchev–Trinajstić information content (AvgIpc) is 2.63. The summed E-state index contributed by atoms with van der Waals surface area (Å²) in [7, 11) is 0. The van der Waals surface area contributed by atoms with Gasteiger partial charge in [0.25, 0.3) is 0 Å². The Hall–Kier alpha value is -1.22. The molecule has 28 heavy (non-hydrogen) atoms. The van der Waals surface area contributed by atoms with E-state index < -0.39 is 0 Å². The van der Waals surface area contributed by atoms with Crippen molar-refractivity contribution >= 4 is 0 Å². The molecule has 2 atom stereocenters. The monoisotopic (exact) mass is 390 g/mol. The first-order valence-electron chi connectivity index (χ1n) is 11.4. The van der Waals surface area contributed by atoms with Gasteiger partial charge in [-0.15, -0.1) is 0 Å². The Morgan fingerprint density at radius 3 is 2.39 bits per heavy atom. The van der Waals surface area contributed by atoms with Crippen molar-refractivity contribution in [1.29, 1.82) is 0 Å². The lowest BCUT2D eigenvalue weighted by Gasteiger charge is -2.30. The first-order valence-corrected chi connectivity index (χ1v) is 11.4. The number of hydrogen-bond donors (Lipinski definition) is 1. The van der Waals surface area contributed by atoms with E-state index in [0.29, 0.717) is 11.7 Å². The molecular formula is C25H42O3. The second-order valence-corrected chi connectivity index (χ2v) is 9.78. The van der Waals surface area contributed by atoms with E-state index in [1.165, 1.54) is 32.1 Å². The third-order valence-corrected chi connectivity index (χ3v) is 5.68. The molecule has 1 aromatic rings. The minimum absolute atomic E-state index is 0.190. The van der Waals surface area contributed by atoms with Crippen LogP contribution in [0.25, 0.3) is 0 Å². The third kappa shape index (κ3) is 8.03. The Balaban J connectivity index is 2.08. The molecule has 2 unspecified atom stereocenters. The summed E-state index contributed by atoms with van der Waals surface area (Å²) in [6.45, 7) is 11.0. The normalized spacial score (nSPS) is 18.0. The molecule has 1 aliphatic rings. The third-order valence-electron chi connectivity index (χ3n) is 5.68. The molecular weight excluding hydrogens is 348 g/mol. The van der Waals surface area contributed by atoms with E-state index >= 15 is 0 Å². The lowest BCUT2D eigenvalue weighted by molar-refractivity contribution is -0.134. The fourth-order valence-electron chi connectivity index (χ4n) is 4.26. The smallest absolute Gasteiger partial charge is 0.200 e. The van der Waals surface area contributed by atoms with Crippen molar-refractivity contribution in [2.24, 2.45) is 11.3 Å². The van der Waals surface area contributed by atoms with Gasteiger partial charge in [0.15, 0.2) is 11.5 Å². The molecule has 0 amide bonds. The van der Waals surface area contributed by atoms with E-state index in [4.69, 9.17) is 9.47 Å². The van der Waals surface area contributed by atoms with Crippen LogP contribution in [-0.2, 0) is 11.2 Å². The summed E-state index contributed by atoms with van der Waals surface area (Å²) >= 11 is 0. The van der Waals surface area contributed by atoms with E-state index in [-0.39, 0.29) is 23.6 Å². The van der Waals surface area contributed by atoms with E-state index in [9.17, 15) is 5.11 Å². The number of phenolic OH excluding ortho intramolecular Hbond substituents is 1. The molecule has 1 aromatic carbocycles. The zero-order valence-corrected chi connectivity index (χ0v) is 18.8. The van der Waals surface area contributed by atoms with Gasteiger partial charge in [0.05, 0.1) is 6.10 Å². The van der Waals surface area contributed by atoms with Gasteiger partial charge in [-0.25, -0.2) is 0 Å². The number of ether oxygens (including phenoxy) is 2. The van der Waals surface area contributed by atoms with Gasteiger partial charge in [-0.2, -0.15) is 0 Å². The lowest BCUT2D eigenvalue weighted by Crippen LogP contribution is -2.30. The summed E-state index contributed by atoms with van der Waals surface area (Å²) in [4.78, 5) is 0. The molecule has 3 heteroatoms. The number of aromatic hydroxyl groups is 1. The van der Waals surface area contributed by atoms with Crippen LogP contribution in [0.5, 0.6) is 11.5 Å². The van der Waals surface area contributed by atoms with Crippen LogP contribution in [0.4, 0.5) is 0 Å². The Bertz CT molecular complexity index is 563. The van der Waals surface area contributed by atoms with Gasteiger partial charge >= 0.3 is 0 Å². The zero-order valence-electron chi connectivity index (χ0n) is 18.8.